The Morgan fingerprint density at radius 1 is 1.00 bits per heavy atom. The number of anilines is 1. The summed E-state index contributed by atoms with van der Waals surface area (Å²) in [5.41, 5.74) is 9.09. The molecule has 2 rings (SSSR count). The molecule has 0 aromatic heterocycles. The van der Waals surface area contributed by atoms with Gasteiger partial charge in [-0.1, -0.05) is 11.8 Å². The largest absolute Gasteiger partial charge is 0.391 e. The molecular formula is C23H27N5O5. The summed E-state index contributed by atoms with van der Waals surface area (Å²) in [5.74, 6) is 4.31. The molecule has 0 aliphatic carbocycles. The predicted octanol–water partition coefficient (Wildman–Crippen LogP) is -0.442. The smallest absolute Gasteiger partial charge is 0.268 e. The minimum Gasteiger partial charge on any atom is -0.391 e. The van der Waals surface area contributed by atoms with Crippen molar-refractivity contribution in [2.45, 2.75) is 19.1 Å². The number of benzene rings is 2. The molecule has 0 unspecified atom stereocenters. The van der Waals surface area contributed by atoms with Gasteiger partial charge in [0.2, 0.25) is 5.91 Å². The first-order valence-electron chi connectivity index (χ1n) is 10.2. The number of hydrogen-bond donors (Lipinski definition) is 7. The number of aliphatic hydroxyl groups excluding tert-OH is 1. The van der Waals surface area contributed by atoms with E-state index in [1.807, 2.05) is 0 Å². The van der Waals surface area contributed by atoms with Gasteiger partial charge in [0.25, 0.3) is 11.8 Å². The summed E-state index contributed by atoms with van der Waals surface area (Å²) in [6, 6.07) is 12.1. The third kappa shape index (κ3) is 8.36. The van der Waals surface area contributed by atoms with Crippen LogP contribution in [-0.2, 0) is 9.59 Å². The fourth-order valence-corrected chi connectivity index (χ4v) is 2.69. The van der Waals surface area contributed by atoms with E-state index in [-0.39, 0.29) is 18.0 Å². The second-order valence-corrected chi connectivity index (χ2v) is 7.09. The van der Waals surface area contributed by atoms with Crippen molar-refractivity contribution in [3.05, 3.63) is 65.2 Å². The highest BCUT2D eigenvalue weighted by atomic mass is 16.5. The number of hydrogen-bond acceptors (Lipinski definition) is 7. The fraction of sp³-hybridized carbons (Fsp3) is 0.261. The molecule has 0 bridgehead atoms. The SMILES string of the molecule is C[C@@H](O)[C@H](NC(=O)c1ccc(C#Cc2ccc(NC(=O)CNCCN)cc2)cc1)C(=O)NO. The minimum absolute atomic E-state index is 0.164. The summed E-state index contributed by atoms with van der Waals surface area (Å²) in [6.45, 7) is 2.53. The van der Waals surface area contributed by atoms with Gasteiger partial charge in [0.1, 0.15) is 6.04 Å². The van der Waals surface area contributed by atoms with Crippen LogP contribution < -0.4 is 27.2 Å². The average molecular weight is 453 g/mol. The zero-order valence-electron chi connectivity index (χ0n) is 18.1. The standard InChI is InChI=1S/C23H27N5O5/c1-15(29)21(23(32)28-33)27-22(31)18-8-4-16(5-9-18)2-3-17-6-10-19(11-7-17)26-20(30)14-25-13-12-24/h4-11,15,21,25,29,33H,12-14,24H2,1H3,(H,26,30)(H,27,31)(H,28,32)/t15-,21+/m1/s1. The van der Waals surface area contributed by atoms with Crippen molar-refractivity contribution in [3.63, 3.8) is 0 Å². The summed E-state index contributed by atoms with van der Waals surface area (Å²) < 4.78 is 0. The molecule has 0 spiro atoms. The Morgan fingerprint density at radius 2 is 1.58 bits per heavy atom. The summed E-state index contributed by atoms with van der Waals surface area (Å²) in [4.78, 5) is 35.6. The van der Waals surface area contributed by atoms with Gasteiger partial charge < -0.3 is 26.8 Å². The van der Waals surface area contributed by atoms with Crippen molar-refractivity contribution in [3.8, 4) is 11.8 Å². The molecule has 0 saturated carbocycles. The Hall–Kier alpha value is -3.75. The first-order valence-corrected chi connectivity index (χ1v) is 10.2. The molecule has 3 amide bonds. The number of carbonyl (C=O) groups is 3. The van der Waals surface area contributed by atoms with Crippen molar-refractivity contribution >= 4 is 23.4 Å². The molecule has 0 heterocycles. The summed E-state index contributed by atoms with van der Waals surface area (Å²) in [6.07, 6.45) is -1.20. The van der Waals surface area contributed by atoms with Crippen LogP contribution in [0.4, 0.5) is 5.69 Å². The van der Waals surface area contributed by atoms with Crippen LogP contribution in [0, 0.1) is 11.8 Å². The van der Waals surface area contributed by atoms with Gasteiger partial charge in [0.05, 0.1) is 12.6 Å². The monoisotopic (exact) mass is 453 g/mol. The zero-order valence-corrected chi connectivity index (χ0v) is 18.1. The molecule has 0 radical (unpaired) electrons. The van der Waals surface area contributed by atoms with Crippen LogP contribution in [0.1, 0.15) is 28.4 Å². The molecule has 0 aliphatic rings. The van der Waals surface area contributed by atoms with Gasteiger partial charge in [-0.2, -0.15) is 0 Å². The highest BCUT2D eigenvalue weighted by Gasteiger charge is 2.25. The molecule has 0 saturated heterocycles. The van der Waals surface area contributed by atoms with E-state index >= 15 is 0 Å². The maximum atomic E-state index is 12.3. The van der Waals surface area contributed by atoms with Crippen LogP contribution in [0.5, 0.6) is 0 Å². The van der Waals surface area contributed by atoms with Crippen molar-refractivity contribution in [2.75, 3.05) is 25.0 Å². The number of amides is 3. The van der Waals surface area contributed by atoms with Gasteiger partial charge >= 0.3 is 0 Å². The molecule has 0 fully saturated rings. The molecule has 2 aromatic rings. The summed E-state index contributed by atoms with van der Waals surface area (Å²) >= 11 is 0. The maximum Gasteiger partial charge on any atom is 0.268 e. The third-order valence-corrected chi connectivity index (χ3v) is 4.44. The van der Waals surface area contributed by atoms with E-state index in [1.54, 1.807) is 36.4 Å². The van der Waals surface area contributed by atoms with E-state index < -0.39 is 24.0 Å². The van der Waals surface area contributed by atoms with Crippen LogP contribution in [0.3, 0.4) is 0 Å². The predicted molar refractivity (Wildman–Crippen MR) is 122 cm³/mol. The van der Waals surface area contributed by atoms with Gasteiger partial charge in [-0.3, -0.25) is 19.6 Å². The normalized spacial score (nSPS) is 12.0. The summed E-state index contributed by atoms with van der Waals surface area (Å²) in [7, 11) is 0. The number of nitrogens with two attached hydrogens (primary N) is 1. The maximum absolute atomic E-state index is 12.3. The first kappa shape index (κ1) is 25.5. The van der Waals surface area contributed by atoms with Gasteiger partial charge in [-0.15, -0.1) is 0 Å². The Bertz CT molecular complexity index is 1010. The molecule has 10 heteroatoms. The van der Waals surface area contributed by atoms with E-state index in [1.165, 1.54) is 24.5 Å². The van der Waals surface area contributed by atoms with Crippen LogP contribution in [-0.4, -0.2) is 59.8 Å². The van der Waals surface area contributed by atoms with Crippen LogP contribution >= 0.6 is 0 Å². The number of aliphatic hydroxyl groups is 1. The Kier molecular flexibility index (Phi) is 10.0. The topological polar surface area (TPSA) is 166 Å². The van der Waals surface area contributed by atoms with Crippen molar-refractivity contribution < 1.29 is 24.7 Å². The summed E-state index contributed by atoms with van der Waals surface area (Å²) in [5, 5.41) is 26.4. The Balaban J connectivity index is 1.96. The average Bonchev–Trinajstić information content (AvgIpc) is 2.81. The van der Waals surface area contributed by atoms with Gasteiger partial charge in [0.15, 0.2) is 0 Å². The number of hydroxylamine groups is 1. The van der Waals surface area contributed by atoms with Crippen molar-refractivity contribution in [1.82, 2.24) is 16.1 Å². The molecular weight excluding hydrogens is 426 g/mol. The molecule has 2 aromatic carbocycles. The van der Waals surface area contributed by atoms with Crippen LogP contribution in [0.25, 0.3) is 0 Å². The van der Waals surface area contributed by atoms with Crippen molar-refractivity contribution in [1.29, 1.82) is 0 Å². The van der Waals surface area contributed by atoms with E-state index in [4.69, 9.17) is 10.9 Å². The minimum atomic E-state index is -1.29. The van der Waals surface area contributed by atoms with Crippen molar-refractivity contribution in [2.24, 2.45) is 5.73 Å². The second kappa shape index (κ2) is 12.9. The number of nitrogens with one attached hydrogen (secondary N) is 4. The van der Waals surface area contributed by atoms with E-state index in [2.05, 4.69) is 27.8 Å². The molecule has 33 heavy (non-hydrogen) atoms. The fourth-order valence-electron chi connectivity index (χ4n) is 2.69. The third-order valence-electron chi connectivity index (χ3n) is 4.44. The molecule has 8 N–H and O–H groups in total. The Labute approximate surface area is 191 Å². The highest BCUT2D eigenvalue weighted by molar-refractivity contribution is 5.97. The van der Waals surface area contributed by atoms with Gasteiger partial charge in [-0.25, -0.2) is 5.48 Å². The lowest BCUT2D eigenvalue weighted by Gasteiger charge is -2.19. The molecule has 174 valence electrons. The van der Waals surface area contributed by atoms with Crippen LogP contribution in [0.2, 0.25) is 0 Å². The van der Waals surface area contributed by atoms with Crippen LogP contribution in [0.15, 0.2) is 48.5 Å². The molecule has 10 nitrogen and oxygen atoms in total. The van der Waals surface area contributed by atoms with Gasteiger partial charge in [-0.05, 0) is 55.5 Å². The highest BCUT2D eigenvalue weighted by Crippen LogP contribution is 2.09. The zero-order chi connectivity index (χ0) is 24.2. The molecule has 2 atom stereocenters. The first-order chi connectivity index (χ1) is 15.8. The van der Waals surface area contributed by atoms with E-state index in [9.17, 15) is 19.5 Å². The lowest BCUT2D eigenvalue weighted by Crippen LogP contribution is -2.51. The lowest BCUT2D eigenvalue weighted by atomic mass is 10.1. The Morgan fingerprint density at radius 3 is 2.09 bits per heavy atom. The number of carbonyl (C=O) groups excluding carboxylic acids is 3. The van der Waals surface area contributed by atoms with E-state index in [0.29, 0.717) is 24.3 Å². The van der Waals surface area contributed by atoms with Gasteiger partial charge in [0, 0.05) is 35.5 Å². The quantitative estimate of drug-likeness (QED) is 0.117. The second-order valence-electron chi connectivity index (χ2n) is 7.09. The number of rotatable bonds is 9. The molecule has 0 aliphatic heterocycles. The lowest BCUT2D eigenvalue weighted by molar-refractivity contribution is -0.133. The van der Waals surface area contributed by atoms with E-state index in [0.717, 1.165) is 5.56 Å².